The number of carbonyl (C=O) groups excluding carboxylic acids is 3. The summed E-state index contributed by atoms with van der Waals surface area (Å²) in [6.45, 7) is 0.509. The van der Waals surface area contributed by atoms with Gasteiger partial charge in [-0.05, 0) is 41.0 Å². The number of piperazine rings is 1. The lowest BCUT2D eigenvalue weighted by Gasteiger charge is -2.40. The van der Waals surface area contributed by atoms with Crippen molar-refractivity contribution in [2.45, 2.75) is 25.6 Å². The lowest BCUT2D eigenvalue weighted by atomic mass is 9.99. The number of carbonyl (C=O) groups is 3. The topological polar surface area (TPSA) is 99.2 Å². The molecule has 1 heterocycles. The molecule has 1 atom stereocenters. The molecule has 0 spiro atoms. The number of benzene rings is 3. The van der Waals surface area contributed by atoms with E-state index in [-0.39, 0.29) is 24.9 Å². The zero-order valence-electron chi connectivity index (χ0n) is 19.4. The van der Waals surface area contributed by atoms with Gasteiger partial charge in [0.05, 0.1) is 7.11 Å². The molecular formula is C27H27N3O5. The molecule has 3 aromatic carbocycles. The number of ether oxygens (including phenoxy) is 1. The van der Waals surface area contributed by atoms with Crippen molar-refractivity contribution in [3.63, 3.8) is 0 Å². The van der Waals surface area contributed by atoms with Crippen molar-refractivity contribution in [1.82, 2.24) is 15.3 Å². The smallest absolute Gasteiger partial charge is 0.274 e. The first kappa shape index (κ1) is 24.0. The zero-order chi connectivity index (χ0) is 24.8. The molecule has 180 valence electrons. The van der Waals surface area contributed by atoms with Crippen molar-refractivity contribution in [2.24, 2.45) is 0 Å². The Bertz CT molecular complexity index is 1200. The van der Waals surface area contributed by atoms with Crippen molar-refractivity contribution in [1.29, 1.82) is 0 Å². The highest BCUT2D eigenvalue weighted by Crippen LogP contribution is 2.23. The first-order chi connectivity index (χ1) is 17.0. The summed E-state index contributed by atoms with van der Waals surface area (Å²) in [4.78, 5) is 41.7. The zero-order valence-corrected chi connectivity index (χ0v) is 19.4. The summed E-state index contributed by atoms with van der Waals surface area (Å²) in [6, 6.07) is 23.0. The Morgan fingerprint density at radius 1 is 0.943 bits per heavy atom. The van der Waals surface area contributed by atoms with Crippen LogP contribution >= 0.6 is 0 Å². The second kappa shape index (κ2) is 10.8. The highest BCUT2D eigenvalue weighted by molar-refractivity contribution is 5.95. The normalized spacial score (nSPS) is 15.8. The van der Waals surface area contributed by atoms with Crippen LogP contribution in [-0.2, 0) is 29.1 Å². The molecule has 2 N–H and O–H groups in total. The van der Waals surface area contributed by atoms with E-state index >= 15 is 0 Å². The Hall–Kier alpha value is -4.17. The summed E-state index contributed by atoms with van der Waals surface area (Å²) in [5.41, 5.74) is 4.52. The Labute approximate surface area is 203 Å². The van der Waals surface area contributed by atoms with Gasteiger partial charge in [-0.3, -0.25) is 19.6 Å². The first-order valence-corrected chi connectivity index (χ1v) is 11.3. The number of rotatable bonds is 8. The maximum absolute atomic E-state index is 13.6. The van der Waals surface area contributed by atoms with Crippen LogP contribution in [0.25, 0.3) is 0 Å². The van der Waals surface area contributed by atoms with Gasteiger partial charge in [0, 0.05) is 25.1 Å². The third-order valence-corrected chi connectivity index (χ3v) is 6.07. The van der Waals surface area contributed by atoms with Crippen LogP contribution in [0.3, 0.4) is 0 Å². The summed E-state index contributed by atoms with van der Waals surface area (Å²) in [5.74, 6) is -0.187. The van der Waals surface area contributed by atoms with E-state index < -0.39 is 11.9 Å². The fraction of sp³-hybridized carbons (Fsp3) is 0.222. The summed E-state index contributed by atoms with van der Waals surface area (Å²) in [6.07, 6.45) is 0.404. The third kappa shape index (κ3) is 5.67. The molecule has 8 nitrogen and oxygen atoms in total. The molecule has 0 aromatic heterocycles. The molecule has 0 bridgehead atoms. The highest BCUT2D eigenvalue weighted by atomic mass is 16.5. The minimum atomic E-state index is -0.649. The number of hydroxylamine groups is 1. The van der Waals surface area contributed by atoms with Crippen LogP contribution in [0.2, 0.25) is 0 Å². The molecule has 0 aliphatic carbocycles. The molecule has 1 aliphatic heterocycles. The summed E-state index contributed by atoms with van der Waals surface area (Å²) in [5, 5.41) is 8.79. The lowest BCUT2D eigenvalue weighted by Crippen LogP contribution is -2.59. The lowest BCUT2D eigenvalue weighted by molar-refractivity contribution is -0.157. The maximum atomic E-state index is 13.6. The summed E-state index contributed by atoms with van der Waals surface area (Å²) < 4.78 is 5.31. The van der Waals surface area contributed by atoms with Crippen LogP contribution in [0, 0.1) is 0 Å². The molecule has 0 radical (unpaired) electrons. The van der Waals surface area contributed by atoms with Crippen LogP contribution in [0.4, 0.5) is 0 Å². The number of hydrogen-bond donors (Lipinski definition) is 2. The van der Waals surface area contributed by atoms with Crippen molar-refractivity contribution in [2.75, 3.05) is 13.7 Å². The minimum absolute atomic E-state index is 0.0348. The first-order valence-electron chi connectivity index (χ1n) is 11.3. The maximum Gasteiger partial charge on any atom is 0.274 e. The SMILES string of the molecule is COc1cccc(CN2C(=O)CN(Cc3ccc(C(=O)NO)cc3)C(=O)[C@H]2Cc2ccccc2)c1. The van der Waals surface area contributed by atoms with Gasteiger partial charge in [-0.15, -0.1) is 0 Å². The summed E-state index contributed by atoms with van der Waals surface area (Å²) in [7, 11) is 1.59. The van der Waals surface area contributed by atoms with Gasteiger partial charge < -0.3 is 14.5 Å². The van der Waals surface area contributed by atoms with E-state index in [1.807, 2.05) is 54.6 Å². The van der Waals surface area contributed by atoms with Crippen LogP contribution in [0.5, 0.6) is 5.75 Å². The van der Waals surface area contributed by atoms with Gasteiger partial charge in [0.25, 0.3) is 5.91 Å². The van der Waals surface area contributed by atoms with Crippen molar-refractivity contribution in [3.8, 4) is 5.75 Å². The highest BCUT2D eigenvalue weighted by Gasteiger charge is 2.39. The molecule has 3 aromatic rings. The predicted octanol–water partition coefficient (Wildman–Crippen LogP) is 2.80. The fourth-order valence-electron chi connectivity index (χ4n) is 4.23. The molecular weight excluding hydrogens is 446 g/mol. The second-order valence-corrected chi connectivity index (χ2v) is 8.41. The molecule has 4 rings (SSSR count). The number of nitrogens with zero attached hydrogens (tertiary/aromatic N) is 2. The summed E-state index contributed by atoms with van der Waals surface area (Å²) >= 11 is 0. The van der Waals surface area contributed by atoms with E-state index in [1.54, 1.807) is 46.7 Å². The van der Waals surface area contributed by atoms with E-state index in [4.69, 9.17) is 9.94 Å². The molecule has 8 heteroatoms. The standard InChI is InChI=1S/C27H27N3O5/c1-35-23-9-5-8-21(14-23)17-30-24(15-19-6-3-2-4-7-19)27(33)29(18-25(30)31)16-20-10-12-22(13-11-20)26(32)28-34/h2-14,24,34H,15-18H2,1H3,(H,28,32)/t24-/m1/s1. The quantitative estimate of drug-likeness (QED) is 0.387. The molecule has 0 unspecified atom stereocenters. The van der Waals surface area contributed by atoms with Crippen LogP contribution < -0.4 is 10.2 Å². The van der Waals surface area contributed by atoms with Crippen LogP contribution in [0.1, 0.15) is 27.0 Å². The molecule has 1 aliphatic rings. The van der Waals surface area contributed by atoms with E-state index in [0.717, 1.165) is 16.7 Å². The van der Waals surface area contributed by atoms with E-state index in [9.17, 15) is 14.4 Å². The second-order valence-electron chi connectivity index (χ2n) is 8.41. The van der Waals surface area contributed by atoms with Gasteiger partial charge in [-0.25, -0.2) is 5.48 Å². The Kier molecular flexibility index (Phi) is 7.42. The third-order valence-electron chi connectivity index (χ3n) is 6.07. The van der Waals surface area contributed by atoms with Crippen molar-refractivity contribution in [3.05, 3.63) is 101 Å². The van der Waals surface area contributed by atoms with Gasteiger partial charge >= 0.3 is 0 Å². The van der Waals surface area contributed by atoms with Gasteiger partial charge in [-0.1, -0.05) is 54.6 Å². The minimum Gasteiger partial charge on any atom is -0.497 e. The average Bonchev–Trinajstić information content (AvgIpc) is 2.89. The van der Waals surface area contributed by atoms with Crippen molar-refractivity contribution < 1.29 is 24.3 Å². The predicted molar refractivity (Wildman–Crippen MR) is 129 cm³/mol. The molecule has 3 amide bonds. The van der Waals surface area contributed by atoms with Crippen molar-refractivity contribution >= 4 is 17.7 Å². The number of nitrogens with one attached hydrogen (secondary N) is 1. The molecule has 1 saturated heterocycles. The molecule has 1 fully saturated rings. The molecule has 35 heavy (non-hydrogen) atoms. The van der Waals surface area contributed by atoms with Gasteiger partial charge in [0.15, 0.2) is 0 Å². The Morgan fingerprint density at radius 2 is 1.66 bits per heavy atom. The fourth-order valence-corrected chi connectivity index (χ4v) is 4.23. The average molecular weight is 474 g/mol. The molecule has 0 saturated carbocycles. The number of hydrogen-bond acceptors (Lipinski definition) is 5. The Balaban J connectivity index is 1.57. The number of amides is 3. The van der Waals surface area contributed by atoms with E-state index in [0.29, 0.717) is 24.3 Å². The van der Waals surface area contributed by atoms with Gasteiger partial charge in [0.2, 0.25) is 11.8 Å². The van der Waals surface area contributed by atoms with Crippen LogP contribution in [0.15, 0.2) is 78.9 Å². The number of methoxy groups -OCH3 is 1. The van der Waals surface area contributed by atoms with Gasteiger partial charge in [-0.2, -0.15) is 0 Å². The largest absolute Gasteiger partial charge is 0.497 e. The Morgan fingerprint density at radius 3 is 2.34 bits per heavy atom. The van der Waals surface area contributed by atoms with Gasteiger partial charge in [0.1, 0.15) is 18.3 Å². The van der Waals surface area contributed by atoms with E-state index in [2.05, 4.69) is 0 Å². The monoisotopic (exact) mass is 473 g/mol. The van der Waals surface area contributed by atoms with Crippen LogP contribution in [-0.4, -0.2) is 52.4 Å². The van der Waals surface area contributed by atoms with E-state index in [1.165, 1.54) is 0 Å².